The zero-order chi connectivity index (χ0) is 19.7. The summed E-state index contributed by atoms with van der Waals surface area (Å²) in [6, 6.07) is 9.06. The molecule has 1 saturated heterocycles. The lowest BCUT2D eigenvalue weighted by Gasteiger charge is -2.41. The normalized spacial score (nSPS) is 23.5. The number of nitrogens with one attached hydrogen (secondary N) is 1. The van der Waals surface area contributed by atoms with E-state index < -0.39 is 6.04 Å². The number of benzene rings is 1. The van der Waals surface area contributed by atoms with E-state index in [4.69, 9.17) is 4.52 Å². The number of hydrogen-bond donors (Lipinski definition) is 1. The third-order valence-corrected chi connectivity index (χ3v) is 6.11. The highest BCUT2D eigenvalue weighted by Gasteiger charge is 2.39. The maximum Gasteiger partial charge on any atom is 0.276 e. The molecular formula is C22H27N3O3. The van der Waals surface area contributed by atoms with E-state index in [2.05, 4.69) is 10.5 Å². The number of piperazine rings is 1. The minimum absolute atomic E-state index is 0.0245. The van der Waals surface area contributed by atoms with Crippen molar-refractivity contribution in [3.63, 3.8) is 0 Å². The predicted molar refractivity (Wildman–Crippen MR) is 106 cm³/mol. The van der Waals surface area contributed by atoms with Crippen LogP contribution in [0, 0.1) is 12.8 Å². The number of hydrogen-bond acceptors (Lipinski definition) is 4. The molecule has 2 aromatic rings. The number of nitrogens with zero attached hydrogens (tertiary/aromatic N) is 2. The van der Waals surface area contributed by atoms with Gasteiger partial charge in [-0.1, -0.05) is 54.2 Å². The molecule has 4 rings (SSSR count). The van der Waals surface area contributed by atoms with Crippen LogP contribution >= 0.6 is 0 Å². The summed E-state index contributed by atoms with van der Waals surface area (Å²) in [4.78, 5) is 27.3. The molecule has 6 heteroatoms. The summed E-state index contributed by atoms with van der Waals surface area (Å²) in [6.45, 7) is 4.32. The van der Waals surface area contributed by atoms with E-state index in [-0.39, 0.29) is 23.6 Å². The molecule has 0 bridgehead atoms. The fraction of sp³-hybridized carbons (Fsp3) is 0.500. The number of carbonyl (C=O) groups excluding carboxylic acids is 2. The first-order valence-corrected chi connectivity index (χ1v) is 10.2. The second-order valence-corrected chi connectivity index (χ2v) is 8.09. The number of aromatic nitrogens is 1. The van der Waals surface area contributed by atoms with Gasteiger partial charge in [0.25, 0.3) is 5.91 Å². The van der Waals surface area contributed by atoms with Crippen molar-refractivity contribution in [1.82, 2.24) is 15.4 Å². The van der Waals surface area contributed by atoms with Crippen LogP contribution in [-0.2, 0) is 4.79 Å². The molecule has 2 heterocycles. The van der Waals surface area contributed by atoms with E-state index in [0.717, 1.165) is 24.0 Å². The molecule has 1 aromatic heterocycles. The highest BCUT2D eigenvalue weighted by atomic mass is 16.5. The maximum absolute atomic E-state index is 13.1. The quantitative estimate of drug-likeness (QED) is 0.882. The van der Waals surface area contributed by atoms with E-state index in [0.29, 0.717) is 18.2 Å². The van der Waals surface area contributed by atoms with Crippen LogP contribution in [0.15, 0.2) is 34.9 Å². The van der Waals surface area contributed by atoms with Gasteiger partial charge in [0.1, 0.15) is 6.04 Å². The van der Waals surface area contributed by atoms with E-state index in [1.165, 1.54) is 19.3 Å². The van der Waals surface area contributed by atoms with E-state index in [1.54, 1.807) is 17.9 Å². The Morgan fingerprint density at radius 3 is 2.61 bits per heavy atom. The van der Waals surface area contributed by atoms with E-state index >= 15 is 0 Å². The van der Waals surface area contributed by atoms with Crippen LogP contribution in [0.5, 0.6) is 0 Å². The predicted octanol–water partition coefficient (Wildman–Crippen LogP) is 3.56. The lowest BCUT2D eigenvalue weighted by Crippen LogP contribution is -2.62. The topological polar surface area (TPSA) is 75.4 Å². The van der Waals surface area contributed by atoms with Gasteiger partial charge in [-0.3, -0.25) is 9.59 Å². The Hall–Kier alpha value is -2.63. The summed E-state index contributed by atoms with van der Waals surface area (Å²) < 4.78 is 5.41. The van der Waals surface area contributed by atoms with Crippen LogP contribution in [0.1, 0.15) is 55.1 Å². The average Bonchev–Trinajstić information content (AvgIpc) is 3.21. The first-order chi connectivity index (χ1) is 13.5. The van der Waals surface area contributed by atoms with Crippen molar-refractivity contribution in [3.05, 3.63) is 41.6 Å². The fourth-order valence-electron chi connectivity index (χ4n) is 4.30. The molecule has 1 N–H and O–H groups in total. The molecule has 2 aliphatic rings. The average molecular weight is 381 g/mol. The standard InChI is InChI=1S/C22H27N3O3/c1-14-8-10-17(11-9-14)20-12-18(24-28-20)22(27)25-13-19(23-21(26)15(25)2)16-6-4-3-5-7-16/h8-12,15-16,19H,3-7,13H2,1-2H3,(H,23,26). The van der Waals surface area contributed by atoms with Crippen molar-refractivity contribution in [3.8, 4) is 11.3 Å². The molecule has 6 nitrogen and oxygen atoms in total. The maximum atomic E-state index is 13.1. The van der Waals surface area contributed by atoms with Crippen molar-refractivity contribution in [2.75, 3.05) is 6.54 Å². The number of carbonyl (C=O) groups is 2. The summed E-state index contributed by atoms with van der Waals surface area (Å²) in [6.07, 6.45) is 5.89. The van der Waals surface area contributed by atoms with Gasteiger partial charge in [-0.25, -0.2) is 0 Å². The molecule has 28 heavy (non-hydrogen) atoms. The highest BCUT2D eigenvalue weighted by Crippen LogP contribution is 2.29. The summed E-state index contributed by atoms with van der Waals surface area (Å²) in [5.74, 6) is 0.671. The molecule has 1 aromatic carbocycles. The lowest BCUT2D eigenvalue weighted by molar-refractivity contribution is -0.129. The summed E-state index contributed by atoms with van der Waals surface area (Å²) in [7, 11) is 0. The molecule has 2 unspecified atom stereocenters. The zero-order valence-corrected chi connectivity index (χ0v) is 16.5. The molecule has 2 atom stereocenters. The lowest BCUT2D eigenvalue weighted by atomic mass is 9.82. The molecule has 1 aliphatic carbocycles. The minimum Gasteiger partial charge on any atom is -0.355 e. The number of aryl methyl sites for hydroxylation is 1. The largest absolute Gasteiger partial charge is 0.355 e. The number of amides is 2. The van der Waals surface area contributed by atoms with Crippen molar-refractivity contribution in [2.45, 2.75) is 58.0 Å². The zero-order valence-electron chi connectivity index (χ0n) is 16.5. The van der Waals surface area contributed by atoms with Crippen LogP contribution in [0.4, 0.5) is 0 Å². The highest BCUT2D eigenvalue weighted by molar-refractivity contribution is 5.97. The van der Waals surface area contributed by atoms with E-state index in [1.807, 2.05) is 31.2 Å². The first kappa shape index (κ1) is 18.7. The summed E-state index contributed by atoms with van der Waals surface area (Å²) in [5, 5.41) is 7.12. The van der Waals surface area contributed by atoms with Gasteiger partial charge < -0.3 is 14.7 Å². The Kier molecular flexibility index (Phi) is 5.20. The van der Waals surface area contributed by atoms with Crippen molar-refractivity contribution >= 4 is 11.8 Å². The van der Waals surface area contributed by atoms with Crippen molar-refractivity contribution in [1.29, 1.82) is 0 Å². The molecule has 2 amide bonds. The molecule has 0 radical (unpaired) electrons. The van der Waals surface area contributed by atoms with Crippen LogP contribution in [0.25, 0.3) is 11.3 Å². The summed E-state index contributed by atoms with van der Waals surface area (Å²) in [5.41, 5.74) is 2.28. The van der Waals surface area contributed by atoms with Gasteiger partial charge in [-0.2, -0.15) is 0 Å². The smallest absolute Gasteiger partial charge is 0.276 e. The SMILES string of the molecule is Cc1ccc(-c2cc(C(=O)N3CC(C4CCCCC4)NC(=O)C3C)no2)cc1. The third kappa shape index (κ3) is 3.68. The molecule has 1 saturated carbocycles. The molecular weight excluding hydrogens is 354 g/mol. The summed E-state index contributed by atoms with van der Waals surface area (Å²) >= 11 is 0. The van der Waals surface area contributed by atoms with Crippen LogP contribution in [-0.4, -0.2) is 40.5 Å². The van der Waals surface area contributed by atoms with Gasteiger partial charge in [0.15, 0.2) is 11.5 Å². The third-order valence-electron chi connectivity index (χ3n) is 6.11. The molecule has 2 fully saturated rings. The van der Waals surface area contributed by atoms with Crippen LogP contribution in [0.2, 0.25) is 0 Å². The Morgan fingerprint density at radius 1 is 1.18 bits per heavy atom. The second-order valence-electron chi connectivity index (χ2n) is 8.09. The van der Waals surface area contributed by atoms with Crippen molar-refractivity contribution < 1.29 is 14.1 Å². The second kappa shape index (κ2) is 7.78. The van der Waals surface area contributed by atoms with Gasteiger partial charge in [0.2, 0.25) is 5.91 Å². The molecule has 1 aliphatic heterocycles. The van der Waals surface area contributed by atoms with Crippen LogP contribution < -0.4 is 5.32 Å². The first-order valence-electron chi connectivity index (χ1n) is 10.2. The fourth-order valence-corrected chi connectivity index (χ4v) is 4.30. The minimum atomic E-state index is -0.508. The van der Waals surface area contributed by atoms with Gasteiger partial charge >= 0.3 is 0 Å². The Labute approximate surface area is 165 Å². The van der Waals surface area contributed by atoms with Gasteiger partial charge in [0.05, 0.1) is 0 Å². The van der Waals surface area contributed by atoms with Crippen LogP contribution in [0.3, 0.4) is 0 Å². The number of rotatable bonds is 3. The molecule has 148 valence electrons. The molecule has 0 spiro atoms. The van der Waals surface area contributed by atoms with E-state index in [9.17, 15) is 9.59 Å². The van der Waals surface area contributed by atoms with Gasteiger partial charge in [-0.05, 0) is 32.6 Å². The Balaban J connectivity index is 1.52. The Morgan fingerprint density at radius 2 is 1.89 bits per heavy atom. The monoisotopic (exact) mass is 381 g/mol. The Bertz CT molecular complexity index is 852. The van der Waals surface area contributed by atoms with Crippen molar-refractivity contribution in [2.24, 2.45) is 5.92 Å². The van der Waals surface area contributed by atoms with Gasteiger partial charge in [-0.15, -0.1) is 0 Å². The van der Waals surface area contributed by atoms with Gasteiger partial charge in [0, 0.05) is 24.2 Å².